The molecule has 0 aromatic heterocycles. The minimum absolute atomic E-state index is 0. The molecule has 0 aromatic carbocycles. The van der Waals surface area contributed by atoms with Crippen LogP contribution in [0, 0.1) is 125 Å². The Kier molecular flexibility index (Phi) is 503. The van der Waals surface area contributed by atoms with Crippen LogP contribution in [-0.4, -0.2) is 0 Å². The summed E-state index contributed by atoms with van der Waals surface area (Å²) in [6, 6.07) is 0. The second-order valence-corrected chi connectivity index (χ2v) is 0. The van der Waals surface area contributed by atoms with E-state index < -0.39 is 0 Å². The second kappa shape index (κ2) is 50.9. The fourth-order valence-corrected chi connectivity index (χ4v) is 0. The molecule has 0 amide bonds. The smallest absolute Gasteiger partial charge is 3.00 e. The largest absolute Gasteiger partial charge is 4.00 e. The third-order valence-electron chi connectivity index (χ3n) is 0. The quantitative estimate of drug-likeness (QED) is 0.498. The molecular formula is Ce3N4. The summed E-state index contributed by atoms with van der Waals surface area (Å²) in [6.45, 7) is 0. The monoisotopic (exact) mass is 476 g/mol. The standard InChI is InChI=1S/3Ce.4N/q3*+4;4*-3. The zero-order valence-electron chi connectivity index (χ0n) is 3.29. The molecule has 32 valence electrons. The summed E-state index contributed by atoms with van der Waals surface area (Å²) in [6.07, 6.45) is 0. The first-order valence-electron chi connectivity index (χ1n) is 0. The number of nitrogens with zero attached hydrogens (tertiary/aromatic N) is 4. The topological polar surface area (TPSA) is 122 Å². The van der Waals surface area contributed by atoms with Gasteiger partial charge in [0.05, 0.1) is 0 Å². The van der Waals surface area contributed by atoms with Gasteiger partial charge >= 0.3 is 125 Å². The van der Waals surface area contributed by atoms with Crippen molar-refractivity contribution in [3.63, 3.8) is 0 Å². The van der Waals surface area contributed by atoms with E-state index in [9.17, 15) is 0 Å². The summed E-state index contributed by atoms with van der Waals surface area (Å²) in [5.74, 6) is 0. The van der Waals surface area contributed by atoms with Gasteiger partial charge in [-0.25, -0.2) is 0 Å². The van der Waals surface area contributed by atoms with Gasteiger partial charge in [0.1, 0.15) is 0 Å². The average Bonchev–Trinajstić information content (AvgIpc) is 0. The molecule has 0 atom stereocenters. The Morgan fingerprint density at radius 2 is 0.286 bits per heavy atom. The Morgan fingerprint density at radius 3 is 0.286 bits per heavy atom. The summed E-state index contributed by atoms with van der Waals surface area (Å²) in [5, 5.41) is 0. The Labute approximate surface area is 146 Å². The molecule has 0 aliphatic heterocycles. The molecule has 0 aliphatic rings. The van der Waals surface area contributed by atoms with Gasteiger partial charge in [-0.3, -0.25) is 0 Å². The summed E-state index contributed by atoms with van der Waals surface area (Å²) < 4.78 is 0. The van der Waals surface area contributed by atoms with Crippen molar-refractivity contribution >= 4 is 0 Å². The average molecular weight is 476 g/mol. The van der Waals surface area contributed by atoms with Gasteiger partial charge in [0, 0.05) is 0 Å². The van der Waals surface area contributed by atoms with Crippen LogP contribution in [0.15, 0.2) is 0 Å². The van der Waals surface area contributed by atoms with E-state index in [1.165, 1.54) is 0 Å². The number of rotatable bonds is 0. The summed E-state index contributed by atoms with van der Waals surface area (Å²) in [7, 11) is 0. The van der Waals surface area contributed by atoms with Crippen molar-refractivity contribution in [1.82, 2.24) is 0 Å². The number of hydrogen-bond donors (Lipinski definition) is 0. The summed E-state index contributed by atoms with van der Waals surface area (Å²) in [4.78, 5) is 0. The molecule has 0 rings (SSSR count). The first kappa shape index (κ1) is 69.2. The molecule has 4 nitrogen and oxygen atoms in total. The van der Waals surface area contributed by atoms with E-state index >= 15 is 0 Å². The van der Waals surface area contributed by atoms with Crippen LogP contribution < -0.4 is 0 Å². The molecule has 0 saturated heterocycles. The van der Waals surface area contributed by atoms with Gasteiger partial charge in [0.25, 0.3) is 0 Å². The fourth-order valence-electron chi connectivity index (χ4n) is 0. The van der Waals surface area contributed by atoms with E-state index in [-0.39, 0.29) is 150 Å². The molecule has 0 saturated carbocycles. The first-order valence-corrected chi connectivity index (χ1v) is 0. The van der Waals surface area contributed by atoms with Crippen LogP contribution in [0.2, 0.25) is 0 Å². The van der Waals surface area contributed by atoms with Gasteiger partial charge in [-0.15, -0.1) is 0 Å². The Morgan fingerprint density at radius 1 is 0.286 bits per heavy atom. The van der Waals surface area contributed by atoms with Gasteiger partial charge < -0.3 is 24.6 Å². The molecule has 0 unspecified atom stereocenters. The van der Waals surface area contributed by atoms with E-state index in [2.05, 4.69) is 0 Å². The van der Waals surface area contributed by atoms with Crippen molar-refractivity contribution < 1.29 is 125 Å². The first-order chi connectivity index (χ1) is 0. The second-order valence-electron chi connectivity index (χ2n) is 0. The third kappa shape index (κ3) is 40.2. The predicted molar refractivity (Wildman–Crippen MR) is 13.4 cm³/mol. The minimum atomic E-state index is 0. The van der Waals surface area contributed by atoms with Crippen molar-refractivity contribution in [1.29, 1.82) is 0 Å². The molecule has 0 aliphatic carbocycles. The van der Waals surface area contributed by atoms with Gasteiger partial charge in [0.15, 0.2) is 0 Å². The molecule has 0 fully saturated rings. The van der Waals surface area contributed by atoms with E-state index in [1.54, 1.807) is 0 Å². The molecule has 0 spiro atoms. The van der Waals surface area contributed by atoms with Crippen molar-refractivity contribution in [2.75, 3.05) is 0 Å². The Hall–Kier alpha value is 3.97. The van der Waals surface area contributed by atoms with Crippen molar-refractivity contribution in [2.45, 2.75) is 0 Å². The van der Waals surface area contributed by atoms with Gasteiger partial charge in [-0.05, 0) is 0 Å². The third-order valence-corrected chi connectivity index (χ3v) is 0. The van der Waals surface area contributed by atoms with E-state index in [0.717, 1.165) is 0 Å². The molecule has 7 heavy (non-hydrogen) atoms. The van der Waals surface area contributed by atoms with E-state index in [0.29, 0.717) is 0 Å². The normalized spacial score (nSPS) is 0. The van der Waals surface area contributed by atoms with Crippen molar-refractivity contribution in [3.05, 3.63) is 24.6 Å². The molecule has 0 aromatic rings. The molecular weight excluding hydrogens is 476 g/mol. The predicted octanol–water partition coefficient (Wildman–Crippen LogP) is 1.15. The van der Waals surface area contributed by atoms with E-state index in [1.807, 2.05) is 0 Å². The maximum Gasteiger partial charge on any atom is 4.00 e. The van der Waals surface area contributed by atoms with Crippen LogP contribution in [0.1, 0.15) is 0 Å². The SMILES string of the molecule is [Ce+4].[Ce+4].[Ce+4].[N-3].[N-3].[N-3].[N-3]. The van der Waals surface area contributed by atoms with Crippen LogP contribution >= 0.6 is 0 Å². The maximum atomic E-state index is 0. The van der Waals surface area contributed by atoms with Gasteiger partial charge in [0.2, 0.25) is 0 Å². The minimum Gasteiger partial charge on any atom is -3.00 e. The van der Waals surface area contributed by atoms with Crippen molar-refractivity contribution in [2.24, 2.45) is 0 Å². The summed E-state index contributed by atoms with van der Waals surface area (Å²) in [5.41, 5.74) is 0. The Balaban J connectivity index is 0. The number of hydrogen-bond acceptors (Lipinski definition) is 0. The molecule has 0 radical (unpaired) electrons. The molecule has 0 heterocycles. The zero-order chi connectivity index (χ0) is 0. The van der Waals surface area contributed by atoms with Crippen LogP contribution in [0.3, 0.4) is 0 Å². The Bertz CT molecular complexity index is 6.90. The van der Waals surface area contributed by atoms with Crippen LogP contribution in [-0.2, 0) is 0 Å². The van der Waals surface area contributed by atoms with Crippen LogP contribution in [0.5, 0.6) is 0 Å². The zero-order valence-corrected chi connectivity index (χ0v) is 12.7. The van der Waals surface area contributed by atoms with E-state index in [4.69, 9.17) is 0 Å². The van der Waals surface area contributed by atoms with Crippen LogP contribution in [0.25, 0.3) is 24.6 Å². The molecule has 0 N–H and O–H groups in total. The van der Waals surface area contributed by atoms with Gasteiger partial charge in [-0.2, -0.15) is 0 Å². The fraction of sp³-hybridized carbons (Fsp3) is 0. The van der Waals surface area contributed by atoms with Crippen LogP contribution in [0.4, 0.5) is 0 Å². The molecule has 7 heteroatoms. The maximum absolute atomic E-state index is 0. The molecule has 0 bridgehead atoms. The summed E-state index contributed by atoms with van der Waals surface area (Å²) >= 11 is 0. The van der Waals surface area contributed by atoms with Gasteiger partial charge in [-0.1, -0.05) is 0 Å². The van der Waals surface area contributed by atoms with Crippen molar-refractivity contribution in [3.8, 4) is 0 Å².